The molecular weight excluding hydrogens is 760 g/mol. The zero-order chi connectivity index (χ0) is 43.2. The molecule has 0 aromatic rings. The molecule has 350 valence electrons. The van der Waals surface area contributed by atoms with Crippen molar-refractivity contribution in [3.05, 3.63) is 12.2 Å². The van der Waals surface area contributed by atoms with E-state index in [0.717, 1.165) is 38.5 Å². The van der Waals surface area contributed by atoms with Crippen molar-refractivity contribution >= 4 is 19.8 Å². The second-order valence-electron chi connectivity index (χ2n) is 17.5. The molecule has 8 nitrogen and oxygen atoms in total. The molecular formula is C50H97O8P. The van der Waals surface area contributed by atoms with Crippen LogP contribution in [0.5, 0.6) is 0 Å². The lowest BCUT2D eigenvalue weighted by molar-refractivity contribution is -0.161. The molecule has 0 aliphatic rings. The van der Waals surface area contributed by atoms with Crippen LogP contribution in [0.2, 0.25) is 0 Å². The number of rotatable bonds is 48. The van der Waals surface area contributed by atoms with Gasteiger partial charge in [-0.3, -0.25) is 14.1 Å². The van der Waals surface area contributed by atoms with Crippen LogP contribution in [0, 0.1) is 0 Å². The maximum atomic E-state index is 12.5. The third kappa shape index (κ3) is 49.3. The van der Waals surface area contributed by atoms with Gasteiger partial charge in [-0.1, -0.05) is 238 Å². The van der Waals surface area contributed by atoms with Crippen LogP contribution in [0.1, 0.15) is 277 Å². The van der Waals surface area contributed by atoms with E-state index in [1.54, 1.807) is 0 Å². The SMILES string of the molecule is CCCCCCCCCC/C=C\CCCCCCCCCCCC(=O)OC(COC(=O)CCCCCCCCCCCCCCCCCCCCCC)COP(=O)(O)O. The molecule has 59 heavy (non-hydrogen) atoms. The predicted molar refractivity (Wildman–Crippen MR) is 249 cm³/mol. The molecule has 2 N–H and O–H groups in total. The second kappa shape index (κ2) is 46.3. The van der Waals surface area contributed by atoms with Gasteiger partial charge in [0.05, 0.1) is 6.61 Å². The average Bonchev–Trinajstić information content (AvgIpc) is 3.21. The van der Waals surface area contributed by atoms with E-state index in [9.17, 15) is 14.2 Å². The van der Waals surface area contributed by atoms with E-state index in [2.05, 4.69) is 30.5 Å². The zero-order valence-electron chi connectivity index (χ0n) is 38.9. The molecule has 0 saturated heterocycles. The molecule has 0 saturated carbocycles. The number of ether oxygens (including phenoxy) is 2. The fourth-order valence-corrected chi connectivity index (χ4v) is 8.09. The smallest absolute Gasteiger partial charge is 0.462 e. The number of hydrogen-bond donors (Lipinski definition) is 2. The van der Waals surface area contributed by atoms with Crippen molar-refractivity contribution in [2.24, 2.45) is 0 Å². The number of phosphoric acid groups is 1. The van der Waals surface area contributed by atoms with Gasteiger partial charge in [-0.25, -0.2) is 4.57 Å². The monoisotopic (exact) mass is 857 g/mol. The molecule has 1 atom stereocenters. The summed E-state index contributed by atoms with van der Waals surface area (Å²) in [6.07, 6.45) is 53.7. The normalized spacial score (nSPS) is 12.4. The Morgan fingerprint density at radius 3 is 1.03 bits per heavy atom. The largest absolute Gasteiger partial charge is 0.469 e. The van der Waals surface area contributed by atoms with Crippen molar-refractivity contribution in [3.8, 4) is 0 Å². The van der Waals surface area contributed by atoms with Gasteiger partial charge in [0.2, 0.25) is 0 Å². The highest BCUT2D eigenvalue weighted by molar-refractivity contribution is 7.46. The maximum Gasteiger partial charge on any atom is 0.469 e. The Labute approximate surface area is 365 Å². The molecule has 0 heterocycles. The van der Waals surface area contributed by atoms with Crippen LogP contribution in [0.4, 0.5) is 0 Å². The lowest BCUT2D eigenvalue weighted by Gasteiger charge is -2.18. The molecule has 0 aromatic heterocycles. The Morgan fingerprint density at radius 1 is 0.424 bits per heavy atom. The van der Waals surface area contributed by atoms with E-state index in [1.807, 2.05) is 0 Å². The first-order valence-electron chi connectivity index (χ1n) is 25.5. The molecule has 0 aliphatic heterocycles. The molecule has 0 rings (SSSR count). The molecule has 0 fully saturated rings. The summed E-state index contributed by atoms with van der Waals surface area (Å²) in [6.45, 7) is 3.74. The quantitative estimate of drug-likeness (QED) is 0.0269. The third-order valence-corrected chi connectivity index (χ3v) is 12.0. The summed E-state index contributed by atoms with van der Waals surface area (Å²) >= 11 is 0. The van der Waals surface area contributed by atoms with Crippen molar-refractivity contribution in [2.75, 3.05) is 13.2 Å². The van der Waals surface area contributed by atoms with Crippen LogP contribution >= 0.6 is 7.82 Å². The highest BCUT2D eigenvalue weighted by Crippen LogP contribution is 2.36. The number of phosphoric ester groups is 1. The molecule has 0 amide bonds. The van der Waals surface area contributed by atoms with E-state index in [1.165, 1.54) is 205 Å². The van der Waals surface area contributed by atoms with E-state index >= 15 is 0 Å². The van der Waals surface area contributed by atoms with E-state index < -0.39 is 32.5 Å². The van der Waals surface area contributed by atoms with Crippen LogP contribution in [0.3, 0.4) is 0 Å². The van der Waals surface area contributed by atoms with Crippen LogP contribution in [-0.4, -0.2) is 41.0 Å². The number of hydrogen-bond acceptors (Lipinski definition) is 6. The summed E-state index contributed by atoms with van der Waals surface area (Å²) in [5.74, 6) is -0.868. The number of carbonyl (C=O) groups is 2. The van der Waals surface area contributed by atoms with E-state index in [0.29, 0.717) is 6.42 Å². The summed E-state index contributed by atoms with van der Waals surface area (Å²) in [5.41, 5.74) is 0. The van der Waals surface area contributed by atoms with Crippen molar-refractivity contribution < 1.29 is 37.9 Å². The second-order valence-corrected chi connectivity index (χ2v) is 18.7. The Morgan fingerprint density at radius 2 is 0.712 bits per heavy atom. The number of carbonyl (C=O) groups excluding carboxylic acids is 2. The Bertz CT molecular complexity index is 967. The fourth-order valence-electron chi connectivity index (χ4n) is 7.72. The minimum absolute atomic E-state index is 0.215. The van der Waals surface area contributed by atoms with Crippen LogP contribution in [0.25, 0.3) is 0 Å². The summed E-state index contributed by atoms with van der Waals surface area (Å²) in [6, 6.07) is 0. The van der Waals surface area contributed by atoms with Gasteiger partial charge in [0, 0.05) is 12.8 Å². The van der Waals surface area contributed by atoms with Gasteiger partial charge < -0.3 is 19.3 Å². The van der Waals surface area contributed by atoms with E-state index in [-0.39, 0.29) is 19.4 Å². The van der Waals surface area contributed by atoms with Crippen molar-refractivity contribution in [1.82, 2.24) is 0 Å². The van der Waals surface area contributed by atoms with Gasteiger partial charge in [-0.15, -0.1) is 0 Å². The standard InChI is InChI=1S/C50H97O8P/c1-3-5-7-9-11-13-15-17-19-21-23-25-27-29-31-33-35-37-39-41-43-45-50(52)58-48(47-57-59(53,54)55)46-56-49(51)44-42-40-38-36-34-32-30-28-26-24-22-20-18-16-14-12-10-8-6-4-2/h21,23,48H,3-20,22,24-47H2,1-2H3,(H2,53,54,55)/b23-21-. The molecule has 0 spiro atoms. The Balaban J connectivity index is 3.78. The fraction of sp³-hybridized carbons (Fsp3) is 0.920. The number of esters is 2. The molecule has 9 heteroatoms. The minimum atomic E-state index is -4.76. The van der Waals surface area contributed by atoms with E-state index in [4.69, 9.17) is 19.3 Å². The first-order chi connectivity index (χ1) is 28.8. The van der Waals surface area contributed by atoms with Crippen molar-refractivity contribution in [1.29, 1.82) is 0 Å². The minimum Gasteiger partial charge on any atom is -0.462 e. The van der Waals surface area contributed by atoms with Crippen LogP contribution < -0.4 is 0 Å². The van der Waals surface area contributed by atoms with Crippen LogP contribution in [-0.2, 0) is 28.2 Å². The topological polar surface area (TPSA) is 119 Å². The Hall–Kier alpha value is -1.21. The first-order valence-corrected chi connectivity index (χ1v) is 27.0. The zero-order valence-corrected chi connectivity index (χ0v) is 39.8. The lowest BCUT2D eigenvalue weighted by Crippen LogP contribution is -2.29. The summed E-state index contributed by atoms with van der Waals surface area (Å²) in [7, 11) is -4.76. The van der Waals surface area contributed by atoms with Gasteiger partial charge in [0.25, 0.3) is 0 Å². The lowest BCUT2D eigenvalue weighted by atomic mass is 10.0. The van der Waals surface area contributed by atoms with Gasteiger partial charge in [0.1, 0.15) is 6.61 Å². The average molecular weight is 857 g/mol. The van der Waals surface area contributed by atoms with Crippen molar-refractivity contribution in [3.63, 3.8) is 0 Å². The summed E-state index contributed by atoms with van der Waals surface area (Å²) < 4.78 is 26.5. The first kappa shape index (κ1) is 57.8. The third-order valence-electron chi connectivity index (χ3n) is 11.5. The molecule has 0 aromatic carbocycles. The van der Waals surface area contributed by atoms with Crippen LogP contribution in [0.15, 0.2) is 12.2 Å². The highest BCUT2D eigenvalue weighted by atomic mass is 31.2. The van der Waals surface area contributed by atoms with Gasteiger partial charge in [-0.2, -0.15) is 0 Å². The summed E-state index contributed by atoms with van der Waals surface area (Å²) in [4.78, 5) is 43.1. The number of allylic oxidation sites excluding steroid dienone is 2. The molecule has 1 unspecified atom stereocenters. The van der Waals surface area contributed by atoms with Gasteiger partial charge >= 0.3 is 19.8 Å². The predicted octanol–water partition coefficient (Wildman–Crippen LogP) is 16.1. The van der Waals surface area contributed by atoms with Gasteiger partial charge in [-0.05, 0) is 38.5 Å². The molecule has 0 bridgehead atoms. The highest BCUT2D eigenvalue weighted by Gasteiger charge is 2.23. The number of unbranched alkanes of at least 4 members (excludes halogenated alkanes) is 36. The van der Waals surface area contributed by atoms with Gasteiger partial charge in [0.15, 0.2) is 6.10 Å². The van der Waals surface area contributed by atoms with Crippen molar-refractivity contribution in [2.45, 2.75) is 283 Å². The maximum absolute atomic E-state index is 12.5. The Kier molecular flexibility index (Phi) is 45.3. The molecule has 0 radical (unpaired) electrons. The molecule has 0 aliphatic carbocycles. The summed E-state index contributed by atoms with van der Waals surface area (Å²) in [5, 5.41) is 0.